The summed E-state index contributed by atoms with van der Waals surface area (Å²) < 4.78 is 27.6. The molecular formula is C14H18F2N2S. The first-order valence-electron chi connectivity index (χ1n) is 6.53. The number of nitrogens with one attached hydrogen (secondary N) is 1. The Morgan fingerprint density at radius 2 is 1.84 bits per heavy atom. The first-order chi connectivity index (χ1) is 8.99. The Morgan fingerprint density at radius 3 is 2.42 bits per heavy atom. The standard InChI is InChI=1S/C14H18F2N2S/c1-8-2-4-9(5-3-8)18-11-7-6-10(14(17)19)12(15)13(11)16/h6-9,18H,2-5H2,1H3,(H2,17,19). The molecule has 1 aliphatic carbocycles. The molecule has 0 aliphatic heterocycles. The first-order valence-corrected chi connectivity index (χ1v) is 6.94. The van der Waals surface area contributed by atoms with Gasteiger partial charge in [0, 0.05) is 11.6 Å². The average molecular weight is 284 g/mol. The van der Waals surface area contributed by atoms with Crippen molar-refractivity contribution in [2.24, 2.45) is 11.7 Å². The van der Waals surface area contributed by atoms with Crippen LogP contribution < -0.4 is 11.1 Å². The summed E-state index contributed by atoms with van der Waals surface area (Å²) in [7, 11) is 0. The topological polar surface area (TPSA) is 38.0 Å². The molecule has 0 spiro atoms. The minimum absolute atomic E-state index is 0.0460. The fourth-order valence-electron chi connectivity index (χ4n) is 2.48. The minimum Gasteiger partial charge on any atom is -0.389 e. The van der Waals surface area contributed by atoms with Gasteiger partial charge < -0.3 is 11.1 Å². The quantitative estimate of drug-likeness (QED) is 0.833. The van der Waals surface area contributed by atoms with Crippen molar-refractivity contribution in [1.29, 1.82) is 0 Å². The van der Waals surface area contributed by atoms with Gasteiger partial charge in [0.2, 0.25) is 0 Å². The number of nitrogens with two attached hydrogens (primary N) is 1. The van der Waals surface area contributed by atoms with Crippen LogP contribution in [0.4, 0.5) is 14.5 Å². The Labute approximate surface area is 117 Å². The van der Waals surface area contributed by atoms with Gasteiger partial charge in [-0.2, -0.15) is 0 Å². The van der Waals surface area contributed by atoms with Crippen LogP contribution in [-0.4, -0.2) is 11.0 Å². The van der Waals surface area contributed by atoms with Gasteiger partial charge >= 0.3 is 0 Å². The lowest BCUT2D eigenvalue weighted by atomic mass is 9.87. The molecule has 1 aliphatic rings. The van der Waals surface area contributed by atoms with Crippen LogP contribution in [0.2, 0.25) is 0 Å². The highest BCUT2D eigenvalue weighted by atomic mass is 32.1. The third kappa shape index (κ3) is 3.21. The largest absolute Gasteiger partial charge is 0.389 e. The van der Waals surface area contributed by atoms with Gasteiger partial charge in [0.1, 0.15) is 4.99 Å². The Kier molecular flexibility index (Phi) is 4.34. The molecule has 1 aromatic carbocycles. The molecule has 0 radical (unpaired) electrons. The molecule has 104 valence electrons. The molecule has 2 rings (SSSR count). The lowest BCUT2D eigenvalue weighted by Crippen LogP contribution is -2.26. The van der Waals surface area contributed by atoms with Crippen LogP contribution >= 0.6 is 12.2 Å². The van der Waals surface area contributed by atoms with Gasteiger partial charge in [0.15, 0.2) is 11.6 Å². The second kappa shape index (κ2) is 5.82. The van der Waals surface area contributed by atoms with Crippen molar-refractivity contribution in [1.82, 2.24) is 0 Å². The maximum absolute atomic E-state index is 13.9. The van der Waals surface area contributed by atoms with Gasteiger partial charge in [-0.3, -0.25) is 0 Å². The van der Waals surface area contributed by atoms with E-state index in [9.17, 15) is 8.78 Å². The molecule has 19 heavy (non-hydrogen) atoms. The molecule has 1 saturated carbocycles. The van der Waals surface area contributed by atoms with E-state index in [0.717, 1.165) is 31.6 Å². The highest BCUT2D eigenvalue weighted by molar-refractivity contribution is 7.80. The van der Waals surface area contributed by atoms with E-state index in [1.54, 1.807) is 0 Å². The van der Waals surface area contributed by atoms with Crippen LogP contribution in [0.25, 0.3) is 0 Å². The molecule has 0 unspecified atom stereocenters. The van der Waals surface area contributed by atoms with Crippen molar-refractivity contribution in [2.45, 2.75) is 38.6 Å². The molecule has 1 aromatic rings. The van der Waals surface area contributed by atoms with Crippen molar-refractivity contribution in [3.05, 3.63) is 29.3 Å². The van der Waals surface area contributed by atoms with Gasteiger partial charge in [-0.05, 0) is 43.7 Å². The number of anilines is 1. The third-order valence-corrected chi connectivity index (χ3v) is 3.94. The Bertz CT molecular complexity index is 483. The highest BCUT2D eigenvalue weighted by Gasteiger charge is 2.21. The summed E-state index contributed by atoms with van der Waals surface area (Å²) >= 11 is 4.68. The summed E-state index contributed by atoms with van der Waals surface area (Å²) in [5.41, 5.74) is 5.48. The smallest absolute Gasteiger partial charge is 0.182 e. The number of halogens is 2. The molecule has 5 heteroatoms. The van der Waals surface area contributed by atoms with Crippen molar-refractivity contribution < 1.29 is 8.78 Å². The molecule has 0 aromatic heterocycles. The van der Waals surface area contributed by atoms with Crippen LogP contribution in [0.3, 0.4) is 0 Å². The predicted octanol–water partition coefficient (Wildman–Crippen LogP) is 3.59. The van der Waals surface area contributed by atoms with Gasteiger partial charge in [0.05, 0.1) is 5.69 Å². The van der Waals surface area contributed by atoms with Crippen LogP contribution in [0.5, 0.6) is 0 Å². The van der Waals surface area contributed by atoms with Crippen molar-refractivity contribution in [3.8, 4) is 0 Å². The highest BCUT2D eigenvalue weighted by Crippen LogP contribution is 2.28. The third-order valence-electron chi connectivity index (χ3n) is 3.72. The van der Waals surface area contributed by atoms with Crippen molar-refractivity contribution in [3.63, 3.8) is 0 Å². The number of hydrogen-bond acceptors (Lipinski definition) is 2. The molecular weight excluding hydrogens is 266 g/mol. The second-order valence-corrected chi connectivity index (χ2v) is 5.69. The van der Waals surface area contributed by atoms with Crippen LogP contribution in [0.15, 0.2) is 12.1 Å². The van der Waals surface area contributed by atoms with E-state index >= 15 is 0 Å². The molecule has 0 heterocycles. The molecule has 0 saturated heterocycles. The van der Waals surface area contributed by atoms with E-state index in [1.807, 2.05) is 0 Å². The summed E-state index contributed by atoms with van der Waals surface area (Å²) in [6.07, 6.45) is 4.21. The van der Waals surface area contributed by atoms with Crippen LogP contribution in [0, 0.1) is 17.6 Å². The number of hydrogen-bond donors (Lipinski definition) is 2. The molecule has 0 bridgehead atoms. The zero-order valence-electron chi connectivity index (χ0n) is 10.9. The maximum Gasteiger partial charge on any atom is 0.182 e. The van der Waals surface area contributed by atoms with E-state index in [4.69, 9.17) is 5.73 Å². The summed E-state index contributed by atoms with van der Waals surface area (Å²) in [4.78, 5) is -0.130. The second-order valence-electron chi connectivity index (χ2n) is 5.25. The molecule has 0 atom stereocenters. The lowest BCUT2D eigenvalue weighted by Gasteiger charge is -2.28. The Balaban J connectivity index is 2.13. The van der Waals surface area contributed by atoms with E-state index in [0.29, 0.717) is 0 Å². The summed E-state index contributed by atoms with van der Waals surface area (Å²) in [5, 5.41) is 3.08. The Hall–Kier alpha value is -1.23. The zero-order chi connectivity index (χ0) is 14.0. The predicted molar refractivity (Wildman–Crippen MR) is 77.3 cm³/mol. The van der Waals surface area contributed by atoms with Crippen LogP contribution in [0.1, 0.15) is 38.2 Å². The van der Waals surface area contributed by atoms with Crippen LogP contribution in [-0.2, 0) is 0 Å². The summed E-state index contributed by atoms with van der Waals surface area (Å²) in [6, 6.07) is 3.14. The van der Waals surface area contributed by atoms with E-state index in [2.05, 4.69) is 24.5 Å². The van der Waals surface area contributed by atoms with E-state index in [-0.39, 0.29) is 22.3 Å². The zero-order valence-corrected chi connectivity index (χ0v) is 11.7. The molecule has 0 amide bonds. The average Bonchev–Trinajstić information content (AvgIpc) is 2.37. The van der Waals surface area contributed by atoms with Gasteiger partial charge in [-0.25, -0.2) is 8.78 Å². The fraction of sp³-hybridized carbons (Fsp3) is 0.500. The molecule has 2 nitrogen and oxygen atoms in total. The molecule has 3 N–H and O–H groups in total. The monoisotopic (exact) mass is 284 g/mol. The SMILES string of the molecule is CC1CCC(Nc2ccc(C(N)=S)c(F)c2F)CC1. The van der Waals surface area contributed by atoms with Crippen molar-refractivity contribution in [2.75, 3.05) is 5.32 Å². The minimum atomic E-state index is -0.971. The Morgan fingerprint density at radius 1 is 1.21 bits per heavy atom. The summed E-state index contributed by atoms with van der Waals surface area (Å²) in [6.45, 7) is 2.22. The number of benzene rings is 1. The normalized spacial score (nSPS) is 23.1. The van der Waals surface area contributed by atoms with E-state index < -0.39 is 11.6 Å². The van der Waals surface area contributed by atoms with Crippen molar-refractivity contribution >= 4 is 22.9 Å². The maximum atomic E-state index is 13.9. The van der Waals surface area contributed by atoms with E-state index in [1.165, 1.54) is 12.1 Å². The molecule has 1 fully saturated rings. The fourth-order valence-corrected chi connectivity index (χ4v) is 2.63. The number of thiocarbonyl (C=S) groups is 1. The first kappa shape index (κ1) is 14.2. The number of rotatable bonds is 3. The van der Waals surface area contributed by atoms with Gasteiger partial charge in [-0.1, -0.05) is 19.1 Å². The van der Waals surface area contributed by atoms with Gasteiger partial charge in [0.25, 0.3) is 0 Å². The summed E-state index contributed by atoms with van der Waals surface area (Å²) in [5.74, 6) is -1.15. The lowest BCUT2D eigenvalue weighted by molar-refractivity contribution is 0.360. The van der Waals surface area contributed by atoms with Gasteiger partial charge in [-0.15, -0.1) is 0 Å².